The van der Waals surface area contributed by atoms with Crippen LogP contribution in [0.15, 0.2) is 48.1 Å². The second-order valence-electron chi connectivity index (χ2n) is 6.53. The number of aromatic hydroxyl groups is 1. The third-order valence-electron chi connectivity index (χ3n) is 3.58. The van der Waals surface area contributed by atoms with Crippen molar-refractivity contribution in [3.63, 3.8) is 0 Å². The quantitative estimate of drug-likeness (QED) is 0.510. The maximum atomic E-state index is 11.5. The third-order valence-corrected chi connectivity index (χ3v) is 3.58. The van der Waals surface area contributed by atoms with Gasteiger partial charge in [-0.25, -0.2) is 4.79 Å². The van der Waals surface area contributed by atoms with E-state index in [0.717, 1.165) is 22.5 Å². The van der Waals surface area contributed by atoms with E-state index in [2.05, 4.69) is 19.9 Å². The fourth-order valence-electron chi connectivity index (χ4n) is 2.45. The summed E-state index contributed by atoms with van der Waals surface area (Å²) in [5.41, 5.74) is 2.42. The molecule has 0 saturated carbocycles. The van der Waals surface area contributed by atoms with Crippen LogP contribution < -0.4 is 4.74 Å². The van der Waals surface area contributed by atoms with Crippen LogP contribution in [0.1, 0.15) is 33.3 Å². The molecule has 1 heterocycles. The molecule has 0 atom stereocenters. The molecule has 0 amide bonds. The fourth-order valence-corrected chi connectivity index (χ4v) is 2.45. The maximum Gasteiger partial charge on any atom is 0.330 e. The predicted octanol–water partition coefficient (Wildman–Crippen LogP) is 4.26. The van der Waals surface area contributed by atoms with E-state index >= 15 is 0 Å². The van der Waals surface area contributed by atoms with Crippen LogP contribution in [-0.2, 0) is 9.53 Å². The van der Waals surface area contributed by atoms with E-state index in [1.807, 2.05) is 19.1 Å². The van der Waals surface area contributed by atoms with Gasteiger partial charge in [-0.15, -0.1) is 0 Å². The summed E-state index contributed by atoms with van der Waals surface area (Å²) in [7, 11) is 0. The number of carbonyl (C=O) groups excluding carboxylic acids is 1. The fraction of sp³-hybridized carbons (Fsp3) is 0.350. The lowest BCUT2D eigenvalue weighted by Crippen LogP contribution is -2.17. The number of ether oxygens (including phenoxy) is 2. The molecule has 0 unspecified atom stereocenters. The molecule has 0 aromatic heterocycles. The summed E-state index contributed by atoms with van der Waals surface area (Å²) in [4.78, 5) is 11.5. The Morgan fingerprint density at radius 1 is 1.42 bits per heavy atom. The maximum absolute atomic E-state index is 11.5. The molecule has 1 N–H and O–H groups in total. The lowest BCUT2D eigenvalue weighted by Gasteiger charge is -2.18. The van der Waals surface area contributed by atoms with Crippen LogP contribution in [0.5, 0.6) is 11.5 Å². The molecule has 1 aliphatic rings. The van der Waals surface area contributed by atoms with Crippen molar-refractivity contribution in [2.24, 2.45) is 5.41 Å². The molecule has 0 bridgehead atoms. The second-order valence-corrected chi connectivity index (χ2v) is 6.53. The minimum absolute atomic E-state index is 0.146. The van der Waals surface area contributed by atoms with Crippen molar-refractivity contribution in [1.82, 2.24) is 0 Å². The van der Waals surface area contributed by atoms with Crippen LogP contribution in [0.2, 0.25) is 0 Å². The number of rotatable bonds is 4. The van der Waals surface area contributed by atoms with Gasteiger partial charge in [0.2, 0.25) is 0 Å². The van der Waals surface area contributed by atoms with Crippen molar-refractivity contribution < 1.29 is 19.4 Å². The summed E-state index contributed by atoms with van der Waals surface area (Å²) in [6, 6.07) is 5.08. The summed E-state index contributed by atoms with van der Waals surface area (Å²) in [5.74, 6) is 0.577. The van der Waals surface area contributed by atoms with Gasteiger partial charge in [0.1, 0.15) is 11.5 Å². The van der Waals surface area contributed by atoms with Gasteiger partial charge in [0.15, 0.2) is 0 Å². The van der Waals surface area contributed by atoms with E-state index in [1.165, 1.54) is 6.08 Å². The number of benzene rings is 1. The van der Waals surface area contributed by atoms with Crippen molar-refractivity contribution in [3.8, 4) is 11.5 Å². The molecule has 0 radical (unpaired) electrons. The lowest BCUT2D eigenvalue weighted by atomic mass is 9.90. The highest BCUT2D eigenvalue weighted by Crippen LogP contribution is 2.37. The summed E-state index contributed by atoms with van der Waals surface area (Å²) in [6.45, 7) is 8.71. The van der Waals surface area contributed by atoms with Crippen LogP contribution in [0, 0.1) is 5.41 Å². The molecular formula is C20H24O4. The third kappa shape index (κ3) is 4.75. The molecule has 2 rings (SSSR count). The molecule has 0 saturated heterocycles. The molecule has 0 spiro atoms. The standard InChI is InChI=1S/C20H24O4/c1-5-23-19(22)10-14(2)6-7-15-12-20(3,4)13-24-18-9-8-16(21)11-17(15)18/h6-12,21H,5,13H2,1-4H3/b7-6+,14-10+. The Bertz CT molecular complexity index is 708. The average molecular weight is 328 g/mol. The first kappa shape index (κ1) is 17.9. The van der Waals surface area contributed by atoms with E-state index < -0.39 is 0 Å². The van der Waals surface area contributed by atoms with Gasteiger partial charge in [0.05, 0.1) is 13.2 Å². The van der Waals surface area contributed by atoms with E-state index in [1.54, 1.807) is 25.1 Å². The molecule has 128 valence electrons. The number of esters is 1. The Morgan fingerprint density at radius 3 is 2.88 bits per heavy atom. The highest BCUT2D eigenvalue weighted by Gasteiger charge is 2.23. The molecule has 1 aliphatic heterocycles. The van der Waals surface area contributed by atoms with Gasteiger partial charge >= 0.3 is 5.97 Å². The zero-order valence-corrected chi connectivity index (χ0v) is 14.6. The minimum Gasteiger partial charge on any atom is -0.508 e. The molecular weight excluding hydrogens is 304 g/mol. The Hall–Kier alpha value is -2.49. The molecule has 0 aliphatic carbocycles. The number of fused-ring (bicyclic) bond motifs is 1. The van der Waals surface area contributed by atoms with Crippen LogP contribution in [0.4, 0.5) is 0 Å². The topological polar surface area (TPSA) is 55.8 Å². The normalized spacial score (nSPS) is 16.8. The number of allylic oxidation sites excluding steroid dienone is 4. The first-order chi connectivity index (χ1) is 11.3. The van der Waals surface area contributed by atoms with E-state index in [4.69, 9.17) is 9.47 Å². The second kappa shape index (κ2) is 7.39. The summed E-state index contributed by atoms with van der Waals surface area (Å²) >= 11 is 0. The van der Waals surface area contributed by atoms with Crippen LogP contribution in [0.25, 0.3) is 5.57 Å². The number of phenolic OH excluding ortho intramolecular Hbond substituents is 1. The molecule has 1 aromatic rings. The van der Waals surface area contributed by atoms with Crippen LogP contribution in [0.3, 0.4) is 0 Å². The number of hydrogen-bond acceptors (Lipinski definition) is 4. The Morgan fingerprint density at radius 2 is 2.17 bits per heavy atom. The van der Waals surface area contributed by atoms with Gasteiger partial charge in [0.25, 0.3) is 0 Å². The molecule has 1 aromatic carbocycles. The minimum atomic E-state index is -0.351. The van der Waals surface area contributed by atoms with Crippen molar-refractivity contribution in [2.75, 3.05) is 13.2 Å². The Labute approximate surface area is 143 Å². The van der Waals surface area contributed by atoms with E-state index in [0.29, 0.717) is 13.2 Å². The van der Waals surface area contributed by atoms with Crippen molar-refractivity contribution in [1.29, 1.82) is 0 Å². The average Bonchev–Trinajstić information content (AvgIpc) is 2.62. The summed E-state index contributed by atoms with van der Waals surface area (Å²) in [6.07, 6.45) is 7.37. The summed E-state index contributed by atoms with van der Waals surface area (Å²) in [5, 5.41) is 9.80. The first-order valence-corrected chi connectivity index (χ1v) is 8.03. The number of hydrogen-bond donors (Lipinski definition) is 1. The van der Waals surface area contributed by atoms with E-state index in [-0.39, 0.29) is 17.1 Å². The molecule has 4 heteroatoms. The van der Waals surface area contributed by atoms with Crippen molar-refractivity contribution >= 4 is 11.5 Å². The Balaban J connectivity index is 2.36. The zero-order chi connectivity index (χ0) is 17.7. The smallest absolute Gasteiger partial charge is 0.330 e. The van der Waals surface area contributed by atoms with Gasteiger partial charge in [-0.2, -0.15) is 0 Å². The lowest BCUT2D eigenvalue weighted by molar-refractivity contribution is -0.137. The largest absolute Gasteiger partial charge is 0.508 e. The monoisotopic (exact) mass is 328 g/mol. The first-order valence-electron chi connectivity index (χ1n) is 8.03. The number of phenols is 1. The number of carbonyl (C=O) groups is 1. The Kier molecular flexibility index (Phi) is 5.50. The van der Waals surface area contributed by atoms with E-state index in [9.17, 15) is 9.90 Å². The van der Waals surface area contributed by atoms with Crippen molar-refractivity contribution in [2.45, 2.75) is 27.7 Å². The van der Waals surface area contributed by atoms with Gasteiger partial charge in [0, 0.05) is 17.1 Å². The summed E-state index contributed by atoms with van der Waals surface area (Å²) < 4.78 is 10.8. The van der Waals surface area contributed by atoms with Gasteiger partial charge in [-0.1, -0.05) is 32.1 Å². The molecule has 4 nitrogen and oxygen atoms in total. The zero-order valence-electron chi connectivity index (χ0n) is 14.6. The predicted molar refractivity (Wildman–Crippen MR) is 94.9 cm³/mol. The highest BCUT2D eigenvalue weighted by molar-refractivity contribution is 5.84. The van der Waals surface area contributed by atoms with Gasteiger partial charge in [-0.3, -0.25) is 0 Å². The SMILES string of the molecule is CCOC(=O)/C=C(C)/C=C/C1=CC(C)(C)COc2ccc(O)cc21. The van der Waals surface area contributed by atoms with Gasteiger partial charge in [-0.05, 0) is 43.2 Å². The molecule has 0 fully saturated rings. The van der Waals surface area contributed by atoms with Gasteiger partial charge < -0.3 is 14.6 Å². The van der Waals surface area contributed by atoms with Crippen LogP contribution >= 0.6 is 0 Å². The highest BCUT2D eigenvalue weighted by atomic mass is 16.5. The molecule has 24 heavy (non-hydrogen) atoms. The van der Waals surface area contributed by atoms with Crippen molar-refractivity contribution in [3.05, 3.63) is 53.6 Å². The van der Waals surface area contributed by atoms with Crippen LogP contribution in [-0.4, -0.2) is 24.3 Å².